The molecule has 1 atom stereocenters. The van der Waals surface area contributed by atoms with Crippen molar-refractivity contribution in [3.63, 3.8) is 0 Å². The average Bonchev–Trinajstić information content (AvgIpc) is 2.47. The van der Waals surface area contributed by atoms with Gasteiger partial charge in [0.2, 0.25) is 0 Å². The Morgan fingerprint density at radius 1 is 0.952 bits per heavy atom. The van der Waals surface area contributed by atoms with Gasteiger partial charge in [-0.2, -0.15) is 0 Å². The molecular formula is C18H15ClFN. The van der Waals surface area contributed by atoms with Crippen LogP contribution in [0.25, 0.3) is 10.8 Å². The van der Waals surface area contributed by atoms with E-state index in [0.717, 1.165) is 10.9 Å². The maximum absolute atomic E-state index is 13.9. The summed E-state index contributed by atoms with van der Waals surface area (Å²) in [5, 5.41) is 2.71. The van der Waals surface area contributed by atoms with Crippen LogP contribution in [0.3, 0.4) is 0 Å². The van der Waals surface area contributed by atoms with Crippen molar-refractivity contribution in [1.82, 2.24) is 0 Å². The van der Waals surface area contributed by atoms with Crippen LogP contribution in [0.2, 0.25) is 5.02 Å². The van der Waals surface area contributed by atoms with Crippen LogP contribution in [-0.2, 0) is 6.42 Å². The van der Waals surface area contributed by atoms with E-state index in [1.807, 2.05) is 18.2 Å². The van der Waals surface area contributed by atoms with Gasteiger partial charge in [-0.15, -0.1) is 0 Å². The SMILES string of the molecule is NC(Cc1ccc2ccccc2c1)c1c(F)cccc1Cl. The maximum atomic E-state index is 13.9. The molecule has 0 aromatic heterocycles. The second-order valence-corrected chi connectivity index (χ2v) is 5.53. The summed E-state index contributed by atoms with van der Waals surface area (Å²) in [6.45, 7) is 0. The van der Waals surface area contributed by atoms with E-state index in [4.69, 9.17) is 17.3 Å². The lowest BCUT2D eigenvalue weighted by atomic mass is 9.97. The molecule has 0 aliphatic rings. The van der Waals surface area contributed by atoms with Crippen molar-refractivity contribution in [2.24, 2.45) is 5.73 Å². The Kier molecular flexibility index (Phi) is 3.91. The molecule has 3 aromatic carbocycles. The van der Waals surface area contributed by atoms with Crippen molar-refractivity contribution in [3.05, 3.63) is 82.6 Å². The van der Waals surface area contributed by atoms with Crippen molar-refractivity contribution < 1.29 is 4.39 Å². The molecule has 1 nitrogen and oxygen atoms in total. The van der Waals surface area contributed by atoms with Crippen molar-refractivity contribution in [2.45, 2.75) is 12.5 Å². The molecule has 0 saturated heterocycles. The predicted octanol–water partition coefficient (Wildman–Crippen LogP) is 4.87. The molecule has 0 bridgehead atoms. The summed E-state index contributed by atoms with van der Waals surface area (Å²) in [7, 11) is 0. The lowest BCUT2D eigenvalue weighted by molar-refractivity contribution is 0.580. The molecule has 0 aliphatic heterocycles. The minimum atomic E-state index is -0.458. The van der Waals surface area contributed by atoms with Crippen molar-refractivity contribution in [3.8, 4) is 0 Å². The van der Waals surface area contributed by atoms with Crippen LogP contribution in [0.4, 0.5) is 4.39 Å². The van der Waals surface area contributed by atoms with Gasteiger partial charge in [-0.05, 0) is 34.9 Å². The number of halogens is 2. The molecule has 3 heteroatoms. The topological polar surface area (TPSA) is 26.0 Å². The molecule has 0 aliphatic carbocycles. The average molecular weight is 300 g/mol. The van der Waals surface area contributed by atoms with Gasteiger partial charge in [0.15, 0.2) is 0 Å². The summed E-state index contributed by atoms with van der Waals surface area (Å²) < 4.78 is 13.9. The second kappa shape index (κ2) is 5.84. The molecule has 0 spiro atoms. The standard InChI is InChI=1S/C18H15ClFN/c19-15-6-3-7-16(20)18(15)17(21)11-12-8-9-13-4-1-2-5-14(13)10-12/h1-10,17H,11,21H2. The van der Waals surface area contributed by atoms with Crippen molar-refractivity contribution in [1.29, 1.82) is 0 Å². The van der Waals surface area contributed by atoms with E-state index in [9.17, 15) is 4.39 Å². The molecule has 0 fully saturated rings. The van der Waals surface area contributed by atoms with E-state index in [1.165, 1.54) is 11.5 Å². The summed E-state index contributed by atoms with van der Waals surface area (Å²) in [5.74, 6) is -0.351. The van der Waals surface area contributed by atoms with Crippen molar-refractivity contribution >= 4 is 22.4 Å². The summed E-state index contributed by atoms with van der Waals surface area (Å²) >= 11 is 6.07. The third-order valence-corrected chi connectivity index (χ3v) is 3.97. The minimum Gasteiger partial charge on any atom is -0.324 e. The van der Waals surface area contributed by atoms with Gasteiger partial charge >= 0.3 is 0 Å². The summed E-state index contributed by atoms with van der Waals surface area (Å²) in [4.78, 5) is 0. The first-order valence-electron chi connectivity index (χ1n) is 6.82. The van der Waals surface area contributed by atoms with E-state index in [2.05, 4.69) is 24.3 Å². The van der Waals surface area contributed by atoms with Crippen molar-refractivity contribution in [2.75, 3.05) is 0 Å². The first-order chi connectivity index (χ1) is 10.1. The summed E-state index contributed by atoms with van der Waals surface area (Å²) in [6.07, 6.45) is 0.547. The Bertz CT molecular complexity index is 765. The van der Waals surface area contributed by atoms with E-state index >= 15 is 0 Å². The molecule has 2 N–H and O–H groups in total. The first-order valence-corrected chi connectivity index (χ1v) is 7.20. The van der Waals surface area contributed by atoms with Gasteiger partial charge in [-0.25, -0.2) is 4.39 Å². The zero-order valence-corrected chi connectivity index (χ0v) is 12.1. The molecule has 0 heterocycles. The van der Waals surface area contributed by atoms with Gasteiger partial charge in [0.25, 0.3) is 0 Å². The maximum Gasteiger partial charge on any atom is 0.129 e. The number of hydrogen-bond acceptors (Lipinski definition) is 1. The Morgan fingerprint density at radius 3 is 2.48 bits per heavy atom. The van der Waals surface area contributed by atoms with Gasteiger partial charge in [-0.1, -0.05) is 60.1 Å². The predicted molar refractivity (Wildman–Crippen MR) is 86.0 cm³/mol. The van der Waals surface area contributed by atoms with Crippen LogP contribution in [0.5, 0.6) is 0 Å². The number of rotatable bonds is 3. The lowest BCUT2D eigenvalue weighted by Crippen LogP contribution is -2.15. The highest BCUT2D eigenvalue weighted by Gasteiger charge is 2.15. The Labute approximate surface area is 128 Å². The van der Waals surface area contributed by atoms with E-state index in [1.54, 1.807) is 12.1 Å². The Morgan fingerprint density at radius 2 is 1.71 bits per heavy atom. The zero-order valence-electron chi connectivity index (χ0n) is 11.4. The molecule has 3 rings (SSSR count). The number of nitrogens with two attached hydrogens (primary N) is 1. The highest BCUT2D eigenvalue weighted by Crippen LogP contribution is 2.27. The fraction of sp³-hybridized carbons (Fsp3) is 0.111. The third-order valence-electron chi connectivity index (χ3n) is 3.64. The van der Waals surface area contributed by atoms with Crippen LogP contribution in [0.1, 0.15) is 17.2 Å². The second-order valence-electron chi connectivity index (χ2n) is 5.13. The van der Waals surface area contributed by atoms with Crippen LogP contribution >= 0.6 is 11.6 Å². The van der Waals surface area contributed by atoms with E-state index < -0.39 is 6.04 Å². The van der Waals surface area contributed by atoms with E-state index in [0.29, 0.717) is 17.0 Å². The quantitative estimate of drug-likeness (QED) is 0.733. The number of fused-ring (bicyclic) bond motifs is 1. The van der Waals surface area contributed by atoms with Gasteiger partial charge in [0.05, 0.1) is 0 Å². The van der Waals surface area contributed by atoms with Gasteiger partial charge in [0.1, 0.15) is 5.82 Å². The molecule has 0 radical (unpaired) electrons. The van der Waals surface area contributed by atoms with Gasteiger partial charge in [0, 0.05) is 16.6 Å². The zero-order chi connectivity index (χ0) is 14.8. The molecular weight excluding hydrogens is 285 g/mol. The van der Waals surface area contributed by atoms with E-state index in [-0.39, 0.29) is 5.82 Å². The van der Waals surface area contributed by atoms with Crippen LogP contribution < -0.4 is 5.73 Å². The molecule has 106 valence electrons. The monoisotopic (exact) mass is 299 g/mol. The highest BCUT2D eigenvalue weighted by molar-refractivity contribution is 6.31. The number of benzene rings is 3. The summed E-state index contributed by atoms with van der Waals surface area (Å²) in [6, 6.07) is 18.5. The lowest BCUT2D eigenvalue weighted by Gasteiger charge is -2.15. The molecule has 0 amide bonds. The minimum absolute atomic E-state index is 0.351. The fourth-order valence-electron chi connectivity index (χ4n) is 2.59. The van der Waals surface area contributed by atoms with Gasteiger partial charge in [-0.3, -0.25) is 0 Å². The van der Waals surface area contributed by atoms with Crippen LogP contribution in [0, 0.1) is 5.82 Å². The number of hydrogen-bond donors (Lipinski definition) is 1. The fourth-order valence-corrected chi connectivity index (χ4v) is 2.89. The molecule has 0 saturated carbocycles. The Hall–Kier alpha value is -1.90. The van der Waals surface area contributed by atoms with Gasteiger partial charge < -0.3 is 5.73 Å². The van der Waals surface area contributed by atoms with Crippen LogP contribution in [-0.4, -0.2) is 0 Å². The summed E-state index contributed by atoms with van der Waals surface area (Å²) in [5.41, 5.74) is 7.60. The largest absolute Gasteiger partial charge is 0.324 e. The highest BCUT2D eigenvalue weighted by atomic mass is 35.5. The normalized spacial score (nSPS) is 12.5. The molecule has 21 heavy (non-hydrogen) atoms. The molecule has 3 aromatic rings. The van der Waals surface area contributed by atoms with Crippen LogP contribution in [0.15, 0.2) is 60.7 Å². The third kappa shape index (κ3) is 2.92. The Balaban J connectivity index is 1.91. The smallest absolute Gasteiger partial charge is 0.129 e. The first kappa shape index (κ1) is 14.1. The molecule has 1 unspecified atom stereocenters.